The maximum Gasteiger partial charge on any atom is 0.323 e. The SMILES string of the molecule is Cc1ccc2nnc(C3CCN(C(=O)Nc4nc5c(s4)CCCC5)CC3)n2n1. The van der Waals surface area contributed by atoms with Crippen molar-refractivity contribution in [3.63, 3.8) is 0 Å². The van der Waals surface area contributed by atoms with Crippen molar-refractivity contribution in [1.82, 2.24) is 29.7 Å². The van der Waals surface area contributed by atoms with Crippen molar-refractivity contribution in [3.05, 3.63) is 34.2 Å². The largest absolute Gasteiger partial charge is 0.324 e. The Kier molecular flexibility index (Phi) is 4.46. The Labute approximate surface area is 167 Å². The number of fused-ring (bicyclic) bond motifs is 2. The number of nitrogens with one attached hydrogen (secondary N) is 1. The number of aromatic nitrogens is 5. The topological polar surface area (TPSA) is 88.3 Å². The van der Waals surface area contributed by atoms with E-state index >= 15 is 0 Å². The second-order valence-electron chi connectivity index (χ2n) is 7.59. The van der Waals surface area contributed by atoms with Gasteiger partial charge in [0.15, 0.2) is 16.6 Å². The fourth-order valence-electron chi connectivity index (χ4n) is 4.07. The monoisotopic (exact) mass is 397 g/mol. The van der Waals surface area contributed by atoms with Crippen LogP contribution in [0.3, 0.4) is 0 Å². The molecule has 1 fully saturated rings. The molecule has 2 amide bonds. The molecule has 1 saturated heterocycles. The van der Waals surface area contributed by atoms with E-state index < -0.39 is 0 Å². The average molecular weight is 398 g/mol. The predicted octanol–water partition coefficient (Wildman–Crippen LogP) is 3.18. The first-order valence-electron chi connectivity index (χ1n) is 9.91. The van der Waals surface area contributed by atoms with Gasteiger partial charge >= 0.3 is 6.03 Å². The van der Waals surface area contributed by atoms with Gasteiger partial charge < -0.3 is 4.90 Å². The van der Waals surface area contributed by atoms with Crippen molar-refractivity contribution in [2.24, 2.45) is 0 Å². The van der Waals surface area contributed by atoms with Crippen LogP contribution in [0.15, 0.2) is 12.1 Å². The number of carbonyl (C=O) groups excluding carboxylic acids is 1. The van der Waals surface area contributed by atoms with E-state index in [-0.39, 0.29) is 11.9 Å². The lowest BCUT2D eigenvalue weighted by Gasteiger charge is -2.30. The first-order chi connectivity index (χ1) is 13.7. The molecule has 4 heterocycles. The Morgan fingerprint density at radius 3 is 2.82 bits per heavy atom. The van der Waals surface area contributed by atoms with Crippen molar-refractivity contribution < 1.29 is 4.79 Å². The normalized spacial score (nSPS) is 17.7. The minimum absolute atomic E-state index is 0.0513. The third-order valence-electron chi connectivity index (χ3n) is 5.63. The number of rotatable bonds is 2. The van der Waals surface area contributed by atoms with Crippen LogP contribution >= 0.6 is 11.3 Å². The third kappa shape index (κ3) is 3.23. The fraction of sp³-hybridized carbons (Fsp3) is 0.526. The Morgan fingerprint density at radius 2 is 2.00 bits per heavy atom. The molecule has 0 atom stereocenters. The third-order valence-corrected chi connectivity index (χ3v) is 6.70. The molecule has 8 nitrogen and oxygen atoms in total. The molecule has 28 heavy (non-hydrogen) atoms. The molecule has 0 unspecified atom stereocenters. The van der Waals surface area contributed by atoms with E-state index in [4.69, 9.17) is 0 Å². The Balaban J connectivity index is 1.23. The molecule has 5 rings (SSSR count). The molecule has 0 spiro atoms. The summed E-state index contributed by atoms with van der Waals surface area (Å²) >= 11 is 1.63. The summed E-state index contributed by atoms with van der Waals surface area (Å²) in [5, 5.41) is 16.9. The van der Waals surface area contributed by atoms with Crippen molar-refractivity contribution in [3.8, 4) is 0 Å². The number of piperidine rings is 1. The van der Waals surface area contributed by atoms with Crippen LogP contribution in [0.5, 0.6) is 0 Å². The molecule has 9 heteroatoms. The second kappa shape index (κ2) is 7.12. The van der Waals surface area contributed by atoms with Crippen LogP contribution in [-0.2, 0) is 12.8 Å². The van der Waals surface area contributed by atoms with Crippen LogP contribution in [0.4, 0.5) is 9.93 Å². The van der Waals surface area contributed by atoms with E-state index in [0.717, 1.165) is 48.0 Å². The quantitative estimate of drug-likeness (QED) is 0.717. The zero-order valence-electron chi connectivity index (χ0n) is 15.9. The van der Waals surface area contributed by atoms with E-state index in [9.17, 15) is 4.79 Å². The lowest BCUT2D eigenvalue weighted by Crippen LogP contribution is -2.40. The molecule has 0 aromatic carbocycles. The number of hydrogen-bond donors (Lipinski definition) is 1. The molecule has 1 aliphatic heterocycles. The number of likely N-dealkylation sites (tertiary alicyclic amines) is 1. The summed E-state index contributed by atoms with van der Waals surface area (Å²) in [6.07, 6.45) is 6.27. The summed E-state index contributed by atoms with van der Waals surface area (Å²) < 4.78 is 1.84. The van der Waals surface area contributed by atoms with Gasteiger partial charge in [-0.3, -0.25) is 5.32 Å². The molecule has 0 bridgehead atoms. The smallest absolute Gasteiger partial charge is 0.323 e. The van der Waals surface area contributed by atoms with E-state index in [2.05, 4.69) is 25.6 Å². The van der Waals surface area contributed by atoms with Crippen LogP contribution in [0.1, 0.15) is 53.7 Å². The standard InChI is InChI=1S/C19H23N7OS/c1-12-6-7-16-22-23-17(26(16)24-12)13-8-10-25(11-9-13)19(27)21-18-20-14-4-2-3-5-15(14)28-18/h6-7,13H,2-5,8-11H2,1H3,(H,20,21,27). The van der Waals surface area contributed by atoms with Gasteiger partial charge in [-0.2, -0.15) is 9.61 Å². The zero-order valence-corrected chi connectivity index (χ0v) is 16.7. The summed E-state index contributed by atoms with van der Waals surface area (Å²) in [5.74, 6) is 1.16. The molecular formula is C19H23N7OS. The molecule has 1 aliphatic carbocycles. The van der Waals surface area contributed by atoms with Crippen LogP contribution < -0.4 is 5.32 Å². The molecular weight excluding hydrogens is 374 g/mol. The van der Waals surface area contributed by atoms with E-state index in [1.54, 1.807) is 11.3 Å². The van der Waals surface area contributed by atoms with Crippen molar-refractivity contribution in [2.45, 2.75) is 51.4 Å². The van der Waals surface area contributed by atoms with Crippen LogP contribution in [-0.4, -0.2) is 48.8 Å². The predicted molar refractivity (Wildman–Crippen MR) is 107 cm³/mol. The van der Waals surface area contributed by atoms with Crippen LogP contribution in [0, 0.1) is 6.92 Å². The summed E-state index contributed by atoms with van der Waals surface area (Å²) in [7, 11) is 0. The minimum Gasteiger partial charge on any atom is -0.324 e. The van der Waals surface area contributed by atoms with Gasteiger partial charge in [0.05, 0.1) is 11.4 Å². The number of aryl methyl sites for hydroxylation is 3. The molecule has 2 aliphatic rings. The number of carbonyl (C=O) groups is 1. The highest BCUT2D eigenvalue weighted by molar-refractivity contribution is 7.15. The van der Waals surface area contributed by atoms with Gasteiger partial charge in [0, 0.05) is 23.9 Å². The molecule has 1 N–H and O–H groups in total. The highest BCUT2D eigenvalue weighted by atomic mass is 32.1. The average Bonchev–Trinajstić information content (AvgIpc) is 3.31. The molecule has 3 aromatic heterocycles. The number of nitrogens with zero attached hydrogens (tertiary/aromatic N) is 6. The van der Waals surface area contributed by atoms with Crippen molar-refractivity contribution in [1.29, 1.82) is 0 Å². The second-order valence-corrected chi connectivity index (χ2v) is 8.67. The highest BCUT2D eigenvalue weighted by Crippen LogP contribution is 2.31. The maximum atomic E-state index is 12.7. The van der Waals surface area contributed by atoms with Gasteiger partial charge in [-0.15, -0.1) is 21.5 Å². The zero-order chi connectivity index (χ0) is 19.1. The lowest BCUT2D eigenvalue weighted by atomic mass is 9.96. The van der Waals surface area contributed by atoms with E-state index in [1.807, 2.05) is 28.5 Å². The summed E-state index contributed by atoms with van der Waals surface area (Å²) in [4.78, 5) is 20.5. The van der Waals surface area contributed by atoms with Gasteiger partial charge in [-0.1, -0.05) is 0 Å². The minimum atomic E-state index is -0.0513. The van der Waals surface area contributed by atoms with Gasteiger partial charge in [0.2, 0.25) is 0 Å². The summed E-state index contributed by atoms with van der Waals surface area (Å²) in [5.41, 5.74) is 2.89. The first-order valence-corrected chi connectivity index (χ1v) is 10.7. The van der Waals surface area contributed by atoms with E-state index in [0.29, 0.717) is 13.1 Å². The fourth-order valence-corrected chi connectivity index (χ4v) is 5.11. The van der Waals surface area contributed by atoms with Crippen LogP contribution in [0.2, 0.25) is 0 Å². The Bertz CT molecular complexity index is 995. The first kappa shape index (κ1) is 17.5. The van der Waals surface area contributed by atoms with E-state index in [1.165, 1.54) is 23.4 Å². The Morgan fingerprint density at radius 1 is 1.18 bits per heavy atom. The van der Waals surface area contributed by atoms with Gasteiger partial charge in [0.1, 0.15) is 0 Å². The maximum absolute atomic E-state index is 12.7. The van der Waals surface area contributed by atoms with Gasteiger partial charge in [-0.25, -0.2) is 9.78 Å². The summed E-state index contributed by atoms with van der Waals surface area (Å²) in [6, 6.07) is 3.83. The summed E-state index contributed by atoms with van der Waals surface area (Å²) in [6.45, 7) is 3.36. The number of anilines is 1. The Hall–Kier alpha value is -2.55. The molecule has 146 valence electrons. The highest BCUT2D eigenvalue weighted by Gasteiger charge is 2.28. The number of urea groups is 1. The number of thiazole rings is 1. The molecule has 0 radical (unpaired) electrons. The molecule has 0 saturated carbocycles. The number of hydrogen-bond acceptors (Lipinski definition) is 6. The molecule has 3 aromatic rings. The lowest BCUT2D eigenvalue weighted by molar-refractivity contribution is 0.193. The van der Waals surface area contributed by atoms with Crippen LogP contribution in [0.25, 0.3) is 5.65 Å². The van der Waals surface area contributed by atoms with Gasteiger partial charge in [0.25, 0.3) is 0 Å². The van der Waals surface area contributed by atoms with Gasteiger partial charge in [-0.05, 0) is 57.6 Å². The van der Waals surface area contributed by atoms with Crippen molar-refractivity contribution >= 4 is 28.1 Å². The number of amides is 2. The van der Waals surface area contributed by atoms with Crippen molar-refractivity contribution in [2.75, 3.05) is 18.4 Å².